The first-order valence-electron chi connectivity index (χ1n) is 12.2. The number of amides is 3. The summed E-state index contributed by atoms with van der Waals surface area (Å²) in [5, 5.41) is 18.6. The van der Waals surface area contributed by atoms with Gasteiger partial charge in [-0.1, -0.05) is 20.8 Å². The highest BCUT2D eigenvalue weighted by atomic mass is 16.5. The first-order valence-corrected chi connectivity index (χ1v) is 12.2. The monoisotopic (exact) mass is 492 g/mol. The normalized spacial score (nSPS) is 19.0. The number of carbonyl (C=O) groups is 3. The van der Waals surface area contributed by atoms with Gasteiger partial charge in [-0.25, -0.2) is 4.98 Å². The minimum Gasteiger partial charge on any atom is -0.481 e. The molecule has 0 bridgehead atoms. The molecule has 190 valence electrons. The molecular weight excluding hydrogens is 458 g/mol. The lowest BCUT2D eigenvalue weighted by Crippen LogP contribution is -2.56. The molecule has 0 unspecified atom stereocenters. The zero-order valence-electron chi connectivity index (χ0n) is 21.8. The Morgan fingerprint density at radius 3 is 2.69 bits per heavy atom. The summed E-state index contributed by atoms with van der Waals surface area (Å²) < 4.78 is 5.26. The average molecular weight is 492 g/mol. The van der Waals surface area contributed by atoms with E-state index in [1.165, 1.54) is 7.11 Å². The number of hydrogen-bond acceptors (Lipinski definition) is 6. The van der Waals surface area contributed by atoms with E-state index in [0.717, 1.165) is 6.42 Å². The number of pyridine rings is 1. The second kappa shape index (κ2) is 10.6. The van der Waals surface area contributed by atoms with Gasteiger partial charge in [0.25, 0.3) is 5.91 Å². The Morgan fingerprint density at radius 2 is 2.08 bits per heavy atom. The van der Waals surface area contributed by atoms with Crippen molar-refractivity contribution in [3.63, 3.8) is 0 Å². The van der Waals surface area contributed by atoms with E-state index in [9.17, 15) is 19.6 Å². The van der Waals surface area contributed by atoms with Crippen molar-refractivity contribution in [1.29, 1.82) is 5.26 Å². The maximum atomic E-state index is 13.2. The standard InChI is InChI=1S/C24H34B2N6O4/c1-23(2,3)11-18(31-20(34)17-10-15-16(30-17)6-8-28-22(15)36-4)21(35)29-14(12-27)9-13-5-7-24(25,26)32-19(13)33/h6,8,10,13-14,18,30H,5,7,9,11,25-26H2,1-4H3,(H,29,35)(H,31,34)(H,32,33)/t13-,14-,18-/m0/s1. The first-order chi connectivity index (χ1) is 16.8. The molecule has 0 spiro atoms. The van der Waals surface area contributed by atoms with Crippen LogP contribution in [0.5, 0.6) is 5.88 Å². The number of methoxy groups -OCH3 is 1. The number of nitrogens with one attached hydrogen (secondary N) is 4. The zero-order chi connectivity index (χ0) is 26.7. The molecule has 2 aromatic rings. The molecule has 1 aliphatic heterocycles. The van der Waals surface area contributed by atoms with Gasteiger partial charge < -0.3 is 25.7 Å². The van der Waals surface area contributed by atoms with Gasteiger partial charge in [-0.05, 0) is 48.6 Å². The van der Waals surface area contributed by atoms with E-state index in [1.807, 2.05) is 36.5 Å². The number of ether oxygens (including phenoxy) is 1. The largest absolute Gasteiger partial charge is 0.481 e. The fourth-order valence-corrected chi connectivity index (χ4v) is 4.46. The van der Waals surface area contributed by atoms with Gasteiger partial charge in [0.15, 0.2) is 0 Å². The fraction of sp³-hybridized carbons (Fsp3) is 0.542. The molecule has 3 atom stereocenters. The van der Waals surface area contributed by atoms with Gasteiger partial charge >= 0.3 is 0 Å². The predicted molar refractivity (Wildman–Crippen MR) is 141 cm³/mol. The van der Waals surface area contributed by atoms with Crippen molar-refractivity contribution < 1.29 is 19.1 Å². The number of piperidine rings is 1. The molecule has 36 heavy (non-hydrogen) atoms. The summed E-state index contributed by atoms with van der Waals surface area (Å²) >= 11 is 0. The summed E-state index contributed by atoms with van der Waals surface area (Å²) in [6.45, 7) is 5.90. The molecule has 0 radical (unpaired) electrons. The molecule has 3 heterocycles. The second-order valence-electron chi connectivity index (χ2n) is 11.3. The highest BCUT2D eigenvalue weighted by Gasteiger charge is 2.35. The zero-order valence-corrected chi connectivity index (χ0v) is 21.8. The quantitative estimate of drug-likeness (QED) is 0.380. The molecule has 3 rings (SSSR count). The van der Waals surface area contributed by atoms with E-state index < -0.39 is 23.9 Å². The summed E-state index contributed by atoms with van der Waals surface area (Å²) in [7, 11) is 5.43. The summed E-state index contributed by atoms with van der Waals surface area (Å²) in [4.78, 5) is 46.0. The van der Waals surface area contributed by atoms with Crippen molar-refractivity contribution in [3.05, 3.63) is 24.0 Å². The lowest BCUT2D eigenvalue weighted by Gasteiger charge is -2.36. The Bertz CT molecular complexity index is 1180. The van der Waals surface area contributed by atoms with E-state index in [2.05, 4.69) is 32.0 Å². The molecule has 12 heteroatoms. The lowest BCUT2D eigenvalue weighted by atomic mass is 9.57. The predicted octanol–water partition coefficient (Wildman–Crippen LogP) is -0.0492. The molecular formula is C24H34B2N6O4. The first kappa shape index (κ1) is 27.1. The molecule has 1 fully saturated rings. The summed E-state index contributed by atoms with van der Waals surface area (Å²) in [6, 6.07) is 3.74. The number of nitrogens with zero attached hydrogens (tertiary/aromatic N) is 2. The number of H-pyrrole nitrogens is 1. The van der Waals surface area contributed by atoms with Crippen molar-refractivity contribution in [2.45, 2.75) is 63.9 Å². The lowest BCUT2D eigenvalue weighted by molar-refractivity contribution is -0.129. The Morgan fingerprint density at radius 1 is 1.36 bits per heavy atom. The minimum absolute atomic E-state index is 0.107. The fourth-order valence-electron chi connectivity index (χ4n) is 4.46. The van der Waals surface area contributed by atoms with Crippen LogP contribution in [0.1, 0.15) is 56.9 Å². The van der Waals surface area contributed by atoms with Crippen molar-refractivity contribution in [1.82, 2.24) is 25.9 Å². The van der Waals surface area contributed by atoms with Crippen LogP contribution in [0.15, 0.2) is 18.3 Å². The number of hydrogen-bond donors (Lipinski definition) is 4. The van der Waals surface area contributed by atoms with Crippen LogP contribution in [0.4, 0.5) is 0 Å². The molecule has 1 saturated heterocycles. The van der Waals surface area contributed by atoms with Crippen LogP contribution in [0, 0.1) is 22.7 Å². The van der Waals surface area contributed by atoms with Gasteiger partial charge in [-0.3, -0.25) is 14.4 Å². The number of carbonyl (C=O) groups excluding carboxylic acids is 3. The third-order valence-electron chi connectivity index (χ3n) is 6.33. The van der Waals surface area contributed by atoms with Crippen molar-refractivity contribution >= 4 is 44.3 Å². The van der Waals surface area contributed by atoms with Crippen molar-refractivity contribution in [3.8, 4) is 11.9 Å². The number of nitriles is 1. The van der Waals surface area contributed by atoms with E-state index in [1.54, 1.807) is 18.3 Å². The van der Waals surface area contributed by atoms with Crippen molar-refractivity contribution in [2.24, 2.45) is 11.3 Å². The highest BCUT2D eigenvalue weighted by molar-refractivity contribution is 6.41. The highest BCUT2D eigenvalue weighted by Crippen LogP contribution is 2.26. The van der Waals surface area contributed by atoms with Gasteiger partial charge in [0.1, 0.15) is 33.5 Å². The SMILES string of the molecule is BC1(B)CC[C@@H](C[C@@H](C#N)NC(=O)[C@H](CC(C)(C)C)NC(=O)c2cc3c(OC)nccc3[nH]2)C(=O)N1. The Labute approximate surface area is 213 Å². The third kappa shape index (κ3) is 6.80. The molecule has 2 aromatic heterocycles. The Balaban J connectivity index is 1.72. The van der Waals surface area contributed by atoms with Crippen LogP contribution in [-0.4, -0.2) is 67.9 Å². The van der Waals surface area contributed by atoms with Crippen LogP contribution in [0.25, 0.3) is 10.9 Å². The Hall–Kier alpha value is -3.48. The van der Waals surface area contributed by atoms with E-state index >= 15 is 0 Å². The topological polar surface area (TPSA) is 149 Å². The van der Waals surface area contributed by atoms with E-state index in [4.69, 9.17) is 4.74 Å². The van der Waals surface area contributed by atoms with Gasteiger partial charge in [0.05, 0.1) is 24.1 Å². The van der Waals surface area contributed by atoms with Gasteiger partial charge in [-0.15, -0.1) is 0 Å². The number of aromatic amines is 1. The van der Waals surface area contributed by atoms with E-state index in [-0.39, 0.29) is 34.7 Å². The second-order valence-corrected chi connectivity index (χ2v) is 11.3. The maximum Gasteiger partial charge on any atom is 0.268 e. The van der Waals surface area contributed by atoms with E-state index in [0.29, 0.717) is 29.6 Å². The molecule has 0 aliphatic carbocycles. The molecule has 4 N–H and O–H groups in total. The van der Waals surface area contributed by atoms with Crippen LogP contribution >= 0.6 is 0 Å². The molecule has 10 nitrogen and oxygen atoms in total. The summed E-state index contributed by atoms with van der Waals surface area (Å²) in [6.07, 6.45) is 3.59. The van der Waals surface area contributed by atoms with Gasteiger partial charge in [0, 0.05) is 12.1 Å². The van der Waals surface area contributed by atoms with Crippen LogP contribution in [0.2, 0.25) is 0 Å². The average Bonchev–Trinajstić information content (AvgIpc) is 3.23. The van der Waals surface area contributed by atoms with Crippen molar-refractivity contribution in [2.75, 3.05) is 7.11 Å². The van der Waals surface area contributed by atoms with Gasteiger partial charge in [-0.2, -0.15) is 5.26 Å². The van der Waals surface area contributed by atoms with Crippen LogP contribution < -0.4 is 20.7 Å². The summed E-state index contributed by atoms with van der Waals surface area (Å²) in [5.41, 5.74) is 0.670. The minimum atomic E-state index is -0.876. The molecule has 0 saturated carbocycles. The maximum absolute atomic E-state index is 13.2. The number of rotatable bonds is 8. The van der Waals surface area contributed by atoms with Crippen LogP contribution in [-0.2, 0) is 9.59 Å². The Kier molecular flexibility index (Phi) is 8.02. The third-order valence-corrected chi connectivity index (χ3v) is 6.33. The van der Waals surface area contributed by atoms with Crippen LogP contribution in [0.3, 0.4) is 0 Å². The van der Waals surface area contributed by atoms with Gasteiger partial charge in [0.2, 0.25) is 17.7 Å². The number of fused-ring (bicyclic) bond motifs is 1. The molecule has 0 aromatic carbocycles. The molecule has 3 amide bonds. The number of aromatic nitrogens is 2. The smallest absolute Gasteiger partial charge is 0.268 e. The summed E-state index contributed by atoms with van der Waals surface area (Å²) in [5.74, 6) is -0.992. The molecule has 1 aliphatic rings.